The van der Waals surface area contributed by atoms with Gasteiger partial charge in [-0.2, -0.15) is 0 Å². The molecule has 6 atom stereocenters. The van der Waals surface area contributed by atoms with Crippen LogP contribution < -0.4 is 0 Å². The summed E-state index contributed by atoms with van der Waals surface area (Å²) in [6.45, 7) is 18.3. The zero-order valence-electron chi connectivity index (χ0n) is 38.5. The summed E-state index contributed by atoms with van der Waals surface area (Å²) >= 11 is 0. The molecule has 0 rings (SSSR count). The summed E-state index contributed by atoms with van der Waals surface area (Å²) in [5.41, 5.74) is 0. The summed E-state index contributed by atoms with van der Waals surface area (Å²) in [7, 11) is -9.40. The van der Waals surface area contributed by atoms with Crippen molar-refractivity contribution in [3.8, 4) is 0 Å². The first kappa shape index (κ1) is 64.0. The van der Waals surface area contributed by atoms with Gasteiger partial charge in [0, 0.05) is 13.2 Å². The Morgan fingerprint density at radius 1 is 0.356 bits per heavy atom. The fourth-order valence-electron chi connectivity index (χ4n) is 5.73. The fraction of sp³-hybridized carbons (Fsp3) is 1.00. The van der Waals surface area contributed by atoms with Gasteiger partial charge < -0.3 is 37.5 Å². The molecule has 0 aromatic rings. The average Bonchev–Trinajstić information content (AvgIpc) is 3.14. The number of ether oxygens (including phenoxy) is 6. The molecule has 17 heteroatoms. The second-order valence-corrected chi connectivity index (χ2v) is 17.7. The minimum atomic E-state index is -4.70. The molecule has 0 radical (unpaired) electrons. The minimum absolute atomic E-state index is 0. The van der Waals surface area contributed by atoms with Gasteiger partial charge in [0.05, 0.1) is 76.3 Å². The summed E-state index contributed by atoms with van der Waals surface area (Å²) in [5.74, 6) is 0. The molecule has 0 aliphatic heterocycles. The van der Waals surface area contributed by atoms with Crippen molar-refractivity contribution in [2.45, 2.75) is 220 Å². The van der Waals surface area contributed by atoms with Gasteiger partial charge in [0.15, 0.2) is 0 Å². The van der Waals surface area contributed by atoms with E-state index < -0.39 is 33.0 Å². The second kappa shape index (κ2) is 44.0. The number of unbranched alkanes of at least 4 members (excludes halogenated alkanes) is 18. The molecular formula is C42H86CaO14S2. The van der Waals surface area contributed by atoms with E-state index >= 15 is 0 Å². The summed E-state index contributed by atoms with van der Waals surface area (Å²) in [6.07, 6.45) is 24.0. The van der Waals surface area contributed by atoms with Crippen molar-refractivity contribution in [3.05, 3.63) is 0 Å². The van der Waals surface area contributed by atoms with E-state index in [0.717, 1.165) is 26.1 Å². The van der Waals surface area contributed by atoms with Crippen LogP contribution in [0.5, 0.6) is 0 Å². The topological polar surface area (TPSA) is 188 Å². The van der Waals surface area contributed by atoms with Crippen LogP contribution in [0.15, 0.2) is 0 Å². The van der Waals surface area contributed by atoms with E-state index in [9.17, 15) is 25.9 Å². The van der Waals surface area contributed by atoms with Crippen LogP contribution in [0.25, 0.3) is 0 Å². The van der Waals surface area contributed by atoms with Gasteiger partial charge >= 0.3 is 37.7 Å². The molecule has 0 aliphatic rings. The Bertz CT molecular complexity index is 1000. The molecule has 0 saturated heterocycles. The van der Waals surface area contributed by atoms with Crippen molar-refractivity contribution in [2.24, 2.45) is 0 Å². The van der Waals surface area contributed by atoms with Gasteiger partial charge in [-0.05, 0) is 54.4 Å². The van der Waals surface area contributed by atoms with Gasteiger partial charge in [-0.15, -0.1) is 0 Å². The predicted octanol–water partition coefficient (Wildman–Crippen LogP) is 8.82. The molecule has 6 unspecified atom stereocenters. The first-order valence-electron chi connectivity index (χ1n) is 22.4. The predicted molar refractivity (Wildman–Crippen MR) is 233 cm³/mol. The van der Waals surface area contributed by atoms with Gasteiger partial charge in [-0.3, -0.25) is 8.37 Å². The maximum absolute atomic E-state index is 10.5. The van der Waals surface area contributed by atoms with Crippen LogP contribution in [0, 0.1) is 0 Å². The van der Waals surface area contributed by atoms with E-state index in [1.807, 2.05) is 27.7 Å². The quantitative estimate of drug-likeness (QED) is 0.0244. The first-order chi connectivity index (χ1) is 27.5. The van der Waals surface area contributed by atoms with Crippen LogP contribution in [0.1, 0.15) is 184 Å². The van der Waals surface area contributed by atoms with Crippen molar-refractivity contribution >= 4 is 58.5 Å². The number of hydrogen-bond donors (Lipinski definition) is 0. The number of hydrogen-bond acceptors (Lipinski definition) is 14. The van der Waals surface area contributed by atoms with E-state index in [4.69, 9.17) is 28.4 Å². The van der Waals surface area contributed by atoms with E-state index in [1.54, 1.807) is 0 Å². The summed E-state index contributed by atoms with van der Waals surface area (Å²) in [6, 6.07) is 0. The van der Waals surface area contributed by atoms with Gasteiger partial charge in [0.1, 0.15) is 0 Å². The molecule has 59 heavy (non-hydrogen) atoms. The molecule has 0 bridgehead atoms. The molecule has 0 aromatic heterocycles. The zero-order chi connectivity index (χ0) is 43.9. The third-order valence-electron chi connectivity index (χ3n) is 9.02. The summed E-state index contributed by atoms with van der Waals surface area (Å²) in [4.78, 5) is 0. The van der Waals surface area contributed by atoms with Crippen molar-refractivity contribution in [3.63, 3.8) is 0 Å². The van der Waals surface area contributed by atoms with E-state index in [0.29, 0.717) is 26.4 Å². The Hall–Kier alpha value is 0.760. The SMILES string of the molecule is CCCCCCCCCCCCOCC(C)OCC(C)OCC(C)OS(=O)(=O)[O-].CCCCCCCCCCCCOCC(C)OCC(C)OCC(C)OS(=O)(=O)[O-].[Ca+2]. The van der Waals surface area contributed by atoms with Gasteiger partial charge in [-0.25, -0.2) is 16.8 Å². The summed E-state index contributed by atoms with van der Waals surface area (Å²) in [5, 5.41) is 0. The Labute approximate surface area is 391 Å². The van der Waals surface area contributed by atoms with Crippen LogP contribution >= 0.6 is 0 Å². The van der Waals surface area contributed by atoms with Crippen LogP contribution in [0.3, 0.4) is 0 Å². The van der Waals surface area contributed by atoms with E-state index in [1.165, 1.54) is 129 Å². The largest absolute Gasteiger partial charge is 2.00 e. The van der Waals surface area contributed by atoms with Crippen molar-refractivity contribution in [1.82, 2.24) is 0 Å². The Morgan fingerprint density at radius 2 is 0.576 bits per heavy atom. The molecule has 0 N–H and O–H groups in total. The van der Waals surface area contributed by atoms with E-state index in [-0.39, 0.29) is 75.4 Å². The van der Waals surface area contributed by atoms with Crippen LogP contribution in [-0.2, 0) is 57.6 Å². The van der Waals surface area contributed by atoms with Crippen LogP contribution in [0.2, 0.25) is 0 Å². The average molecular weight is 919 g/mol. The van der Waals surface area contributed by atoms with Gasteiger partial charge in [-0.1, -0.05) is 129 Å². The standard InChI is InChI=1S/2C21H44O7S.Ca/c2*1-5-6-7-8-9-10-11-12-13-14-15-25-16-19(2)26-17-20(3)27-18-21(4)28-29(22,23)24;/h2*19-21H,5-18H2,1-4H3,(H,22,23,24);/q;;+2/p-2. The molecule has 0 heterocycles. The summed E-state index contributed by atoms with van der Waals surface area (Å²) < 4.78 is 105. The smallest absolute Gasteiger partial charge is 0.726 e. The van der Waals surface area contributed by atoms with Crippen molar-refractivity contribution in [2.75, 3.05) is 52.9 Å². The Morgan fingerprint density at radius 3 is 0.831 bits per heavy atom. The van der Waals surface area contributed by atoms with Gasteiger partial charge in [0.2, 0.25) is 20.8 Å². The molecule has 0 amide bonds. The third kappa shape index (κ3) is 54.8. The Kier molecular flexibility index (Phi) is 47.7. The first-order valence-corrected chi connectivity index (χ1v) is 25.1. The van der Waals surface area contributed by atoms with E-state index in [2.05, 4.69) is 22.2 Å². The molecule has 0 spiro atoms. The zero-order valence-corrected chi connectivity index (χ0v) is 42.3. The molecule has 0 aliphatic carbocycles. The molecule has 0 saturated carbocycles. The molecule has 14 nitrogen and oxygen atoms in total. The van der Waals surface area contributed by atoms with Crippen molar-refractivity contribution in [1.29, 1.82) is 0 Å². The maximum atomic E-state index is 10.5. The minimum Gasteiger partial charge on any atom is -0.726 e. The fourth-order valence-corrected chi connectivity index (χ4v) is 6.65. The molecule has 352 valence electrons. The Balaban J connectivity index is -0.00000105. The second-order valence-electron chi connectivity index (χ2n) is 15.7. The molecule has 0 aromatic carbocycles. The van der Waals surface area contributed by atoms with Crippen molar-refractivity contribution < 1.29 is 62.7 Å². The molecule has 0 fully saturated rings. The third-order valence-corrected chi connectivity index (χ3v) is 10.1. The monoisotopic (exact) mass is 919 g/mol. The normalized spacial score (nSPS) is 15.1. The maximum Gasteiger partial charge on any atom is 2.00 e. The van der Waals surface area contributed by atoms with Gasteiger partial charge in [0.25, 0.3) is 0 Å². The number of rotatable bonds is 42. The van der Waals surface area contributed by atoms with Crippen LogP contribution in [-0.4, -0.2) is 153 Å². The molecular weight excluding hydrogens is 833 g/mol. The van der Waals surface area contributed by atoms with Crippen LogP contribution in [0.4, 0.5) is 0 Å².